The van der Waals surface area contributed by atoms with E-state index in [1.807, 2.05) is 68.4 Å². The second-order valence-electron chi connectivity index (χ2n) is 6.06. The number of carbonyl (C=O) groups excluding carboxylic acids is 1. The number of hydrogen-bond donors (Lipinski definition) is 1. The van der Waals surface area contributed by atoms with Crippen molar-refractivity contribution in [2.75, 3.05) is 5.32 Å². The van der Waals surface area contributed by atoms with E-state index in [4.69, 9.17) is 4.42 Å². The van der Waals surface area contributed by atoms with Crippen LogP contribution >= 0.6 is 0 Å². The Bertz CT molecular complexity index is 1010. The predicted molar refractivity (Wildman–Crippen MR) is 102 cm³/mol. The summed E-state index contributed by atoms with van der Waals surface area (Å²) in [5, 5.41) is 12.1. The lowest BCUT2D eigenvalue weighted by Crippen LogP contribution is -2.13. The van der Waals surface area contributed by atoms with Gasteiger partial charge >= 0.3 is 0 Å². The molecule has 3 rings (SSSR count). The second kappa shape index (κ2) is 7.54. The first-order valence-electron chi connectivity index (χ1n) is 8.22. The van der Waals surface area contributed by atoms with Gasteiger partial charge in [0.25, 0.3) is 5.91 Å². The van der Waals surface area contributed by atoms with Gasteiger partial charge in [0.15, 0.2) is 0 Å². The van der Waals surface area contributed by atoms with Crippen LogP contribution in [0, 0.1) is 25.2 Å². The Morgan fingerprint density at radius 2 is 1.81 bits per heavy atom. The lowest BCUT2D eigenvalue weighted by atomic mass is 10.1. The summed E-state index contributed by atoms with van der Waals surface area (Å²) >= 11 is 0. The highest BCUT2D eigenvalue weighted by atomic mass is 16.3. The maximum atomic E-state index is 12.3. The van der Waals surface area contributed by atoms with Gasteiger partial charge in [-0.3, -0.25) is 4.79 Å². The van der Waals surface area contributed by atoms with Gasteiger partial charge < -0.3 is 9.73 Å². The Morgan fingerprint density at radius 1 is 1.04 bits per heavy atom. The van der Waals surface area contributed by atoms with Crippen molar-refractivity contribution in [3.05, 3.63) is 83.1 Å². The Hall–Kier alpha value is -3.58. The summed E-state index contributed by atoms with van der Waals surface area (Å²) in [6.45, 7) is 3.96. The quantitative estimate of drug-likeness (QED) is 0.529. The SMILES string of the molecule is Cc1ccc(-c2ccc(/C=C(\C#N)C(=O)Nc3cccc(C)c3)o2)cc1. The molecule has 0 radical (unpaired) electrons. The van der Waals surface area contributed by atoms with Crippen molar-refractivity contribution in [3.63, 3.8) is 0 Å². The molecule has 3 aromatic rings. The highest BCUT2D eigenvalue weighted by Crippen LogP contribution is 2.24. The molecule has 1 amide bonds. The molecule has 1 aromatic heterocycles. The minimum Gasteiger partial charge on any atom is -0.457 e. The van der Waals surface area contributed by atoms with Crippen LogP contribution in [0.5, 0.6) is 0 Å². The largest absolute Gasteiger partial charge is 0.457 e. The third kappa shape index (κ3) is 4.08. The molecule has 0 spiro atoms. The number of nitrogens with zero attached hydrogens (tertiary/aromatic N) is 1. The molecule has 1 N–H and O–H groups in total. The molecular weight excluding hydrogens is 324 g/mol. The van der Waals surface area contributed by atoms with Gasteiger partial charge in [-0.05, 0) is 43.7 Å². The van der Waals surface area contributed by atoms with Gasteiger partial charge in [0.2, 0.25) is 0 Å². The highest BCUT2D eigenvalue weighted by molar-refractivity contribution is 6.09. The molecule has 128 valence electrons. The molecule has 0 fully saturated rings. The number of anilines is 1. The van der Waals surface area contributed by atoms with Gasteiger partial charge in [-0.1, -0.05) is 42.0 Å². The number of carbonyl (C=O) groups is 1. The molecule has 0 bridgehead atoms. The monoisotopic (exact) mass is 342 g/mol. The summed E-state index contributed by atoms with van der Waals surface area (Å²) < 4.78 is 5.75. The lowest BCUT2D eigenvalue weighted by molar-refractivity contribution is -0.112. The smallest absolute Gasteiger partial charge is 0.266 e. The molecular formula is C22H18N2O2. The van der Waals surface area contributed by atoms with E-state index in [-0.39, 0.29) is 5.57 Å². The molecule has 0 saturated carbocycles. The molecule has 0 aliphatic carbocycles. The van der Waals surface area contributed by atoms with E-state index >= 15 is 0 Å². The van der Waals surface area contributed by atoms with E-state index < -0.39 is 5.91 Å². The molecule has 2 aromatic carbocycles. The van der Waals surface area contributed by atoms with Crippen LogP contribution in [0.1, 0.15) is 16.9 Å². The van der Waals surface area contributed by atoms with Crippen LogP contribution in [0.25, 0.3) is 17.4 Å². The van der Waals surface area contributed by atoms with Crippen molar-refractivity contribution in [2.45, 2.75) is 13.8 Å². The molecule has 0 aliphatic heterocycles. The molecule has 4 heteroatoms. The zero-order valence-corrected chi connectivity index (χ0v) is 14.6. The summed E-state index contributed by atoms with van der Waals surface area (Å²) in [6.07, 6.45) is 1.45. The summed E-state index contributed by atoms with van der Waals surface area (Å²) in [4.78, 5) is 12.3. The Balaban J connectivity index is 1.80. The number of benzene rings is 2. The van der Waals surface area contributed by atoms with Gasteiger partial charge in [0.05, 0.1) is 0 Å². The minimum absolute atomic E-state index is 0.0173. The van der Waals surface area contributed by atoms with Crippen molar-refractivity contribution in [1.82, 2.24) is 0 Å². The number of aryl methyl sites for hydroxylation is 2. The van der Waals surface area contributed by atoms with Crippen molar-refractivity contribution in [2.24, 2.45) is 0 Å². The van der Waals surface area contributed by atoms with E-state index in [0.29, 0.717) is 17.2 Å². The first-order chi connectivity index (χ1) is 12.5. The number of furan rings is 1. The van der Waals surface area contributed by atoms with Gasteiger partial charge in [-0.25, -0.2) is 0 Å². The highest BCUT2D eigenvalue weighted by Gasteiger charge is 2.11. The van der Waals surface area contributed by atoms with Gasteiger partial charge in [-0.15, -0.1) is 0 Å². The molecule has 0 unspecified atom stereocenters. The third-order valence-corrected chi connectivity index (χ3v) is 3.89. The van der Waals surface area contributed by atoms with E-state index in [0.717, 1.165) is 11.1 Å². The Morgan fingerprint density at radius 3 is 2.50 bits per heavy atom. The second-order valence-corrected chi connectivity index (χ2v) is 6.06. The molecule has 1 heterocycles. The van der Waals surface area contributed by atoms with Gasteiger partial charge in [0.1, 0.15) is 23.2 Å². The fourth-order valence-corrected chi connectivity index (χ4v) is 2.52. The molecule has 4 nitrogen and oxygen atoms in total. The first-order valence-corrected chi connectivity index (χ1v) is 8.22. The normalized spacial score (nSPS) is 11.0. The van der Waals surface area contributed by atoms with Crippen LogP contribution in [0.3, 0.4) is 0 Å². The zero-order valence-electron chi connectivity index (χ0n) is 14.6. The lowest BCUT2D eigenvalue weighted by Gasteiger charge is -2.04. The predicted octanol–water partition coefficient (Wildman–Crippen LogP) is 5.11. The Labute approximate surface area is 152 Å². The first kappa shape index (κ1) is 17.2. The number of nitriles is 1. The number of nitrogens with one attached hydrogen (secondary N) is 1. The van der Waals surface area contributed by atoms with Crippen LogP contribution in [-0.4, -0.2) is 5.91 Å². The average Bonchev–Trinajstić information content (AvgIpc) is 3.09. The van der Waals surface area contributed by atoms with Crippen molar-refractivity contribution in [3.8, 4) is 17.4 Å². The number of amides is 1. The van der Waals surface area contributed by atoms with E-state index in [2.05, 4.69) is 5.32 Å². The third-order valence-electron chi connectivity index (χ3n) is 3.89. The van der Waals surface area contributed by atoms with Crippen molar-refractivity contribution >= 4 is 17.7 Å². The Kier molecular flexibility index (Phi) is 5.00. The van der Waals surface area contributed by atoms with Crippen LogP contribution in [0.4, 0.5) is 5.69 Å². The maximum absolute atomic E-state index is 12.3. The summed E-state index contributed by atoms with van der Waals surface area (Å²) in [5.41, 5.74) is 3.77. The maximum Gasteiger partial charge on any atom is 0.266 e. The fourth-order valence-electron chi connectivity index (χ4n) is 2.52. The van der Waals surface area contributed by atoms with Gasteiger partial charge in [0, 0.05) is 17.3 Å². The van der Waals surface area contributed by atoms with Crippen LogP contribution in [0.15, 0.2) is 70.7 Å². The van der Waals surface area contributed by atoms with Gasteiger partial charge in [-0.2, -0.15) is 5.26 Å². The number of hydrogen-bond acceptors (Lipinski definition) is 3. The van der Waals surface area contributed by atoms with Crippen LogP contribution < -0.4 is 5.32 Å². The van der Waals surface area contributed by atoms with E-state index in [1.54, 1.807) is 12.1 Å². The fraction of sp³-hybridized carbons (Fsp3) is 0.0909. The standard InChI is InChI=1S/C22H18N2O2/c1-15-6-8-17(9-7-15)21-11-10-20(26-21)13-18(14-23)22(25)24-19-5-3-4-16(2)12-19/h3-13H,1-2H3,(H,24,25)/b18-13+. The molecule has 0 aliphatic rings. The topological polar surface area (TPSA) is 66.0 Å². The minimum atomic E-state index is -0.466. The van der Waals surface area contributed by atoms with Crippen LogP contribution in [-0.2, 0) is 4.79 Å². The van der Waals surface area contributed by atoms with Crippen LogP contribution in [0.2, 0.25) is 0 Å². The molecule has 0 atom stereocenters. The molecule has 26 heavy (non-hydrogen) atoms. The zero-order chi connectivity index (χ0) is 18.5. The van der Waals surface area contributed by atoms with Crippen molar-refractivity contribution < 1.29 is 9.21 Å². The summed E-state index contributed by atoms with van der Waals surface area (Å²) in [6, 6.07) is 20.8. The van der Waals surface area contributed by atoms with E-state index in [9.17, 15) is 10.1 Å². The van der Waals surface area contributed by atoms with Crippen molar-refractivity contribution in [1.29, 1.82) is 5.26 Å². The summed E-state index contributed by atoms with van der Waals surface area (Å²) in [7, 11) is 0. The molecule has 0 saturated heterocycles. The number of rotatable bonds is 4. The summed E-state index contributed by atoms with van der Waals surface area (Å²) in [5.74, 6) is 0.676. The average molecular weight is 342 g/mol. The van der Waals surface area contributed by atoms with E-state index in [1.165, 1.54) is 11.6 Å².